The zero-order chi connectivity index (χ0) is 21.3. The van der Waals surface area contributed by atoms with Crippen molar-refractivity contribution in [3.05, 3.63) is 91.0 Å². The van der Waals surface area contributed by atoms with Gasteiger partial charge in [0.1, 0.15) is 23.2 Å². The molecule has 0 saturated carbocycles. The Morgan fingerprint density at radius 2 is 1.00 bits per heavy atom. The Hall–Kier alpha value is -2.66. The quantitative estimate of drug-likeness (QED) is 0.263. The fraction of sp³-hybridized carbons (Fsp3) is 0.0952. The average molecular weight is 422 g/mol. The Morgan fingerprint density at radius 1 is 0.724 bits per heavy atom. The second-order valence-corrected chi connectivity index (χ2v) is 9.53. The van der Waals surface area contributed by atoms with E-state index in [0.717, 1.165) is 0 Å². The predicted octanol–water partition coefficient (Wildman–Crippen LogP) is 4.45. The van der Waals surface area contributed by atoms with Crippen LogP contribution in [0.25, 0.3) is 0 Å². The Morgan fingerprint density at radius 3 is 1.24 bits per heavy atom. The molecule has 0 aliphatic heterocycles. The summed E-state index contributed by atoms with van der Waals surface area (Å²) in [5, 5.41) is 3.56. The molecule has 0 spiro atoms. The lowest BCUT2D eigenvalue weighted by molar-refractivity contribution is -0.137. The van der Waals surface area contributed by atoms with E-state index in [1.165, 1.54) is 23.0 Å². The van der Waals surface area contributed by atoms with Crippen LogP contribution >= 0.6 is 7.26 Å². The Bertz CT molecular complexity index is 788. The zero-order valence-corrected chi connectivity index (χ0v) is 16.6. The van der Waals surface area contributed by atoms with Crippen molar-refractivity contribution in [2.24, 2.45) is 0 Å². The molecule has 29 heavy (non-hydrogen) atoms. The van der Waals surface area contributed by atoms with Crippen molar-refractivity contribution in [3.63, 3.8) is 0 Å². The van der Waals surface area contributed by atoms with Gasteiger partial charge in [-0.25, -0.2) is 4.79 Å². The molecule has 8 heteroatoms. The van der Waals surface area contributed by atoms with Crippen LogP contribution in [0.15, 0.2) is 91.0 Å². The minimum atomic E-state index is -6.00. The highest BCUT2D eigenvalue weighted by Gasteiger charge is 2.47. The zero-order valence-electron chi connectivity index (χ0n) is 15.7. The molecule has 3 aromatic rings. The monoisotopic (exact) mass is 422 g/mol. The third kappa shape index (κ3) is 6.43. The molecule has 0 amide bonds. The maximum atomic E-state index is 12.4. The van der Waals surface area contributed by atoms with Crippen molar-refractivity contribution in [2.75, 3.05) is 13.3 Å². The molecule has 0 fully saturated rings. The lowest BCUT2D eigenvalue weighted by atomic mass is 10.3. The van der Waals surface area contributed by atoms with E-state index >= 15 is 0 Å². The number of esters is 1. The molecule has 0 heterocycles. The standard InChI is InChI=1S/C21H20O2P.BF4/c1-23-21(22)17-24(18-11-5-2-6-12-18,19-13-7-3-8-14-19)20-15-9-4-10-16-20;2-1(3,4)5/h2-16H,17H2,1H3;/q+1;-1. The summed E-state index contributed by atoms with van der Waals surface area (Å²) in [6, 6.07) is 31.0. The van der Waals surface area contributed by atoms with Crippen molar-refractivity contribution in [1.29, 1.82) is 0 Å². The van der Waals surface area contributed by atoms with Crippen molar-refractivity contribution < 1.29 is 26.8 Å². The molecule has 3 rings (SSSR count). The summed E-state index contributed by atoms with van der Waals surface area (Å²) in [4.78, 5) is 12.4. The van der Waals surface area contributed by atoms with Crippen LogP contribution in [0, 0.1) is 0 Å². The van der Waals surface area contributed by atoms with Crippen LogP contribution in [0.4, 0.5) is 17.3 Å². The van der Waals surface area contributed by atoms with E-state index in [4.69, 9.17) is 4.74 Å². The number of methoxy groups -OCH3 is 1. The maximum absolute atomic E-state index is 12.4. The molecule has 0 saturated heterocycles. The number of halogens is 4. The Balaban J connectivity index is 0.000000537. The molecule has 0 radical (unpaired) electrons. The van der Waals surface area contributed by atoms with Crippen LogP contribution in [-0.2, 0) is 9.53 Å². The summed E-state index contributed by atoms with van der Waals surface area (Å²) in [7, 11) is -6.64. The van der Waals surface area contributed by atoms with Gasteiger partial charge in [0, 0.05) is 0 Å². The van der Waals surface area contributed by atoms with Gasteiger partial charge >= 0.3 is 13.2 Å². The van der Waals surface area contributed by atoms with Crippen LogP contribution in [0.5, 0.6) is 0 Å². The normalized spacial score (nSPS) is 11.2. The molecule has 0 aliphatic carbocycles. The van der Waals surface area contributed by atoms with Crippen LogP contribution in [0.1, 0.15) is 0 Å². The first-order valence-electron chi connectivity index (χ1n) is 8.76. The Kier molecular flexibility index (Phi) is 7.97. The number of carbonyl (C=O) groups is 1. The molecule has 2 nitrogen and oxygen atoms in total. The van der Waals surface area contributed by atoms with Gasteiger partial charge in [-0.2, -0.15) is 0 Å². The third-order valence-electron chi connectivity index (χ3n) is 4.18. The van der Waals surface area contributed by atoms with Gasteiger partial charge < -0.3 is 22.0 Å². The van der Waals surface area contributed by atoms with E-state index in [-0.39, 0.29) is 5.97 Å². The van der Waals surface area contributed by atoms with Crippen LogP contribution < -0.4 is 15.9 Å². The fourth-order valence-corrected chi connectivity index (χ4v) is 7.03. The second-order valence-electron chi connectivity index (χ2n) is 6.05. The highest BCUT2D eigenvalue weighted by atomic mass is 31.2. The number of ether oxygens (including phenoxy) is 1. The minimum absolute atomic E-state index is 0.181. The minimum Gasteiger partial charge on any atom is -0.466 e. The molecule has 152 valence electrons. The van der Waals surface area contributed by atoms with E-state index < -0.39 is 14.5 Å². The molecule has 0 aliphatic rings. The average Bonchev–Trinajstić information content (AvgIpc) is 2.72. The molecule has 0 aromatic heterocycles. The van der Waals surface area contributed by atoms with Crippen molar-refractivity contribution in [3.8, 4) is 0 Å². The number of carbonyl (C=O) groups excluding carboxylic acids is 1. The molecule has 0 unspecified atom stereocenters. The fourth-order valence-electron chi connectivity index (χ4n) is 3.03. The first-order chi connectivity index (χ1) is 13.8. The van der Waals surface area contributed by atoms with Gasteiger partial charge in [0.05, 0.1) is 7.11 Å². The molecule has 3 aromatic carbocycles. The van der Waals surface area contributed by atoms with Crippen LogP contribution in [-0.4, -0.2) is 26.5 Å². The lowest BCUT2D eigenvalue weighted by Crippen LogP contribution is -2.36. The van der Waals surface area contributed by atoms with Gasteiger partial charge in [0.2, 0.25) is 0 Å². The summed E-state index contributed by atoms with van der Waals surface area (Å²) < 4.78 is 44.1. The Labute approximate surface area is 168 Å². The SMILES string of the molecule is COC(=O)C[P+](c1ccccc1)(c1ccccc1)c1ccccc1.F[B-](F)(F)F. The first kappa shape index (κ1) is 22.6. The highest BCUT2D eigenvalue weighted by molar-refractivity contribution is 7.96. The number of hydrogen-bond acceptors (Lipinski definition) is 2. The summed E-state index contributed by atoms with van der Waals surface area (Å²) in [6.07, 6.45) is 0.363. The molecular formula is C21H20BF4O2P. The van der Waals surface area contributed by atoms with E-state index in [9.17, 15) is 22.1 Å². The summed E-state index contributed by atoms with van der Waals surface area (Å²) in [5.41, 5.74) is 0. The summed E-state index contributed by atoms with van der Waals surface area (Å²) >= 11 is 0. The van der Waals surface area contributed by atoms with Crippen molar-refractivity contribution >= 4 is 36.4 Å². The van der Waals surface area contributed by atoms with Gasteiger partial charge in [-0.05, 0) is 36.4 Å². The topological polar surface area (TPSA) is 26.3 Å². The summed E-state index contributed by atoms with van der Waals surface area (Å²) in [5.74, 6) is -0.181. The number of benzene rings is 3. The smallest absolute Gasteiger partial charge is 0.466 e. The third-order valence-corrected chi connectivity index (χ3v) is 8.46. The largest absolute Gasteiger partial charge is 0.673 e. The van der Waals surface area contributed by atoms with Gasteiger partial charge in [-0.15, -0.1) is 0 Å². The molecular weight excluding hydrogens is 402 g/mol. The predicted molar refractivity (Wildman–Crippen MR) is 112 cm³/mol. The molecule has 0 atom stereocenters. The second kappa shape index (κ2) is 10.2. The molecule has 0 bridgehead atoms. The molecule has 0 N–H and O–H groups in total. The number of hydrogen-bond donors (Lipinski definition) is 0. The van der Waals surface area contributed by atoms with Gasteiger partial charge in [-0.3, -0.25) is 0 Å². The van der Waals surface area contributed by atoms with E-state index in [0.29, 0.717) is 6.16 Å². The number of rotatable bonds is 5. The van der Waals surface area contributed by atoms with Crippen LogP contribution in [0.2, 0.25) is 0 Å². The lowest BCUT2D eigenvalue weighted by Gasteiger charge is -2.26. The van der Waals surface area contributed by atoms with E-state index in [2.05, 4.69) is 36.4 Å². The van der Waals surface area contributed by atoms with Gasteiger partial charge in [0.15, 0.2) is 6.16 Å². The van der Waals surface area contributed by atoms with Gasteiger partial charge in [0.25, 0.3) is 0 Å². The van der Waals surface area contributed by atoms with Gasteiger partial charge in [-0.1, -0.05) is 54.6 Å². The first-order valence-corrected chi connectivity index (χ1v) is 10.7. The van der Waals surface area contributed by atoms with E-state index in [1.54, 1.807) is 0 Å². The van der Waals surface area contributed by atoms with Crippen LogP contribution in [0.3, 0.4) is 0 Å². The summed E-state index contributed by atoms with van der Waals surface area (Å²) in [6.45, 7) is 0. The van der Waals surface area contributed by atoms with E-state index in [1.807, 2.05) is 54.6 Å². The van der Waals surface area contributed by atoms with Crippen molar-refractivity contribution in [1.82, 2.24) is 0 Å². The highest BCUT2D eigenvalue weighted by Crippen LogP contribution is 2.55. The van der Waals surface area contributed by atoms with Crippen molar-refractivity contribution in [2.45, 2.75) is 0 Å². The maximum Gasteiger partial charge on any atom is 0.673 e.